The topological polar surface area (TPSA) is 63.4 Å². The maximum Gasteiger partial charge on any atom is 0.242 e. The van der Waals surface area contributed by atoms with Gasteiger partial charge in [0.25, 0.3) is 0 Å². The maximum atomic E-state index is 13.6. The molecule has 1 aliphatic heterocycles. The van der Waals surface area contributed by atoms with Crippen molar-refractivity contribution in [1.29, 1.82) is 0 Å². The molecule has 2 rings (SSSR count). The van der Waals surface area contributed by atoms with Crippen molar-refractivity contribution in [3.05, 3.63) is 35.6 Å². The predicted molar refractivity (Wildman–Crippen MR) is 69.1 cm³/mol. The largest absolute Gasteiger partial charge is 0.368 e. The Balaban J connectivity index is 2.26. The van der Waals surface area contributed by atoms with Gasteiger partial charge < -0.3 is 5.73 Å². The lowest BCUT2D eigenvalue weighted by Crippen LogP contribution is -2.51. The average molecular weight is 264 g/mol. The summed E-state index contributed by atoms with van der Waals surface area (Å²) in [6, 6.07) is 4.62. The van der Waals surface area contributed by atoms with E-state index >= 15 is 0 Å². The van der Waals surface area contributed by atoms with E-state index in [0.717, 1.165) is 19.3 Å². The third kappa shape index (κ3) is 2.98. The van der Waals surface area contributed by atoms with Crippen molar-refractivity contribution >= 4 is 11.7 Å². The number of carbonyl (C=O) groups is 2. The molecule has 0 aromatic heterocycles. The highest BCUT2D eigenvalue weighted by molar-refractivity contribution is 6.13. The summed E-state index contributed by atoms with van der Waals surface area (Å²) in [4.78, 5) is 25.6. The minimum atomic E-state index is -1.06. The Labute approximate surface area is 111 Å². The number of nitrogens with two attached hydrogens (primary N) is 1. The third-order valence-corrected chi connectivity index (χ3v) is 3.41. The van der Waals surface area contributed by atoms with Crippen LogP contribution in [0.3, 0.4) is 0 Å². The molecule has 1 amide bonds. The highest BCUT2D eigenvalue weighted by Gasteiger charge is 2.33. The lowest BCUT2D eigenvalue weighted by atomic mass is 9.99. The number of hydrogen-bond acceptors (Lipinski definition) is 3. The van der Waals surface area contributed by atoms with E-state index in [1.807, 2.05) is 0 Å². The summed E-state index contributed by atoms with van der Waals surface area (Å²) in [5, 5.41) is 0. The number of Topliss-reactive ketones (excluding diaryl/α,β-unsaturated/α-hetero) is 1. The van der Waals surface area contributed by atoms with Crippen LogP contribution in [0.5, 0.6) is 0 Å². The van der Waals surface area contributed by atoms with E-state index in [1.54, 1.807) is 11.0 Å². The summed E-state index contributed by atoms with van der Waals surface area (Å²) in [6.45, 7) is 1.29. The zero-order chi connectivity index (χ0) is 13.8. The number of carbonyl (C=O) groups excluding carboxylic acids is 2. The second kappa shape index (κ2) is 5.93. The van der Waals surface area contributed by atoms with Gasteiger partial charge in [0.15, 0.2) is 11.8 Å². The van der Waals surface area contributed by atoms with Crippen LogP contribution in [0.2, 0.25) is 0 Å². The number of piperidine rings is 1. The van der Waals surface area contributed by atoms with Crippen LogP contribution in [-0.2, 0) is 4.79 Å². The van der Waals surface area contributed by atoms with E-state index in [1.165, 1.54) is 18.2 Å². The van der Waals surface area contributed by atoms with E-state index in [9.17, 15) is 14.0 Å². The lowest BCUT2D eigenvalue weighted by Gasteiger charge is -2.31. The minimum absolute atomic E-state index is 0.0723. The molecular formula is C14H17FN2O2. The van der Waals surface area contributed by atoms with Crippen LogP contribution in [0.15, 0.2) is 24.3 Å². The number of amides is 1. The van der Waals surface area contributed by atoms with Crippen LogP contribution < -0.4 is 5.73 Å². The first-order chi connectivity index (χ1) is 9.11. The van der Waals surface area contributed by atoms with E-state index in [-0.39, 0.29) is 5.56 Å². The molecule has 102 valence electrons. The van der Waals surface area contributed by atoms with E-state index in [2.05, 4.69) is 0 Å². The van der Waals surface area contributed by atoms with Gasteiger partial charge >= 0.3 is 0 Å². The van der Waals surface area contributed by atoms with Crippen molar-refractivity contribution in [2.45, 2.75) is 25.3 Å². The van der Waals surface area contributed by atoms with E-state index in [0.29, 0.717) is 13.1 Å². The molecule has 0 spiro atoms. The third-order valence-electron chi connectivity index (χ3n) is 3.41. The minimum Gasteiger partial charge on any atom is -0.368 e. The van der Waals surface area contributed by atoms with Gasteiger partial charge in [0.2, 0.25) is 5.91 Å². The summed E-state index contributed by atoms with van der Waals surface area (Å²) in [7, 11) is 0. The first-order valence-electron chi connectivity index (χ1n) is 6.43. The maximum absolute atomic E-state index is 13.6. The van der Waals surface area contributed by atoms with Crippen molar-refractivity contribution in [3.63, 3.8) is 0 Å². The molecule has 1 aromatic rings. The van der Waals surface area contributed by atoms with Crippen LogP contribution >= 0.6 is 0 Å². The van der Waals surface area contributed by atoms with Gasteiger partial charge in [-0.1, -0.05) is 18.6 Å². The lowest BCUT2D eigenvalue weighted by molar-refractivity contribution is -0.121. The summed E-state index contributed by atoms with van der Waals surface area (Å²) >= 11 is 0. The fraction of sp³-hybridized carbons (Fsp3) is 0.429. The normalized spacial score (nSPS) is 17.9. The van der Waals surface area contributed by atoms with Gasteiger partial charge in [-0.15, -0.1) is 0 Å². The number of halogens is 1. The highest BCUT2D eigenvalue weighted by Crippen LogP contribution is 2.17. The van der Waals surface area contributed by atoms with Crippen molar-refractivity contribution in [2.24, 2.45) is 5.73 Å². The van der Waals surface area contributed by atoms with Gasteiger partial charge in [-0.3, -0.25) is 14.5 Å². The summed E-state index contributed by atoms with van der Waals surface area (Å²) < 4.78 is 13.6. The van der Waals surface area contributed by atoms with Crippen molar-refractivity contribution in [3.8, 4) is 0 Å². The highest BCUT2D eigenvalue weighted by atomic mass is 19.1. The Morgan fingerprint density at radius 2 is 1.79 bits per heavy atom. The van der Waals surface area contributed by atoms with Gasteiger partial charge in [-0.25, -0.2) is 4.39 Å². The van der Waals surface area contributed by atoms with Crippen molar-refractivity contribution < 1.29 is 14.0 Å². The number of primary amides is 1. The first-order valence-corrected chi connectivity index (χ1v) is 6.43. The number of benzene rings is 1. The molecule has 0 bridgehead atoms. The molecule has 4 nitrogen and oxygen atoms in total. The standard InChI is InChI=1S/C14H17FN2O2/c15-11-7-3-2-6-10(11)13(18)12(14(16)19)17-8-4-1-5-9-17/h2-3,6-7,12H,1,4-5,8-9H2,(H2,16,19). The van der Waals surface area contributed by atoms with Gasteiger partial charge in [0, 0.05) is 0 Å². The second-order valence-electron chi connectivity index (χ2n) is 4.75. The predicted octanol–water partition coefficient (Wildman–Crippen LogP) is 1.35. The molecule has 0 aliphatic carbocycles. The quantitative estimate of drug-likeness (QED) is 0.659. The van der Waals surface area contributed by atoms with Crippen LogP contribution in [0.1, 0.15) is 29.6 Å². The average Bonchev–Trinajstić information content (AvgIpc) is 2.40. The second-order valence-corrected chi connectivity index (χ2v) is 4.75. The molecule has 1 unspecified atom stereocenters. The van der Waals surface area contributed by atoms with Gasteiger partial charge in [-0.2, -0.15) is 0 Å². The number of ketones is 1. The Bertz CT molecular complexity index is 484. The molecule has 1 fully saturated rings. The molecule has 2 N–H and O–H groups in total. The molecule has 1 heterocycles. The molecule has 1 saturated heterocycles. The number of likely N-dealkylation sites (tertiary alicyclic amines) is 1. The molecule has 1 atom stereocenters. The Morgan fingerprint density at radius 1 is 1.16 bits per heavy atom. The summed E-state index contributed by atoms with van der Waals surface area (Å²) in [6.07, 6.45) is 2.93. The molecule has 19 heavy (non-hydrogen) atoms. The van der Waals surface area contributed by atoms with Crippen LogP contribution in [0.25, 0.3) is 0 Å². The van der Waals surface area contributed by atoms with Gasteiger partial charge in [0.1, 0.15) is 5.82 Å². The SMILES string of the molecule is NC(=O)C(C(=O)c1ccccc1F)N1CCCCC1. The smallest absolute Gasteiger partial charge is 0.242 e. The van der Waals surface area contributed by atoms with E-state index in [4.69, 9.17) is 5.73 Å². The zero-order valence-corrected chi connectivity index (χ0v) is 10.6. The number of nitrogens with zero attached hydrogens (tertiary/aromatic N) is 1. The monoisotopic (exact) mass is 264 g/mol. The Hall–Kier alpha value is -1.75. The molecule has 1 aliphatic rings. The van der Waals surface area contributed by atoms with Gasteiger partial charge in [-0.05, 0) is 38.1 Å². The summed E-state index contributed by atoms with van der Waals surface area (Å²) in [5.41, 5.74) is 5.26. The molecule has 1 aromatic carbocycles. The first kappa shape index (κ1) is 13.7. The van der Waals surface area contributed by atoms with Crippen molar-refractivity contribution in [1.82, 2.24) is 4.90 Å². The number of hydrogen-bond donors (Lipinski definition) is 1. The van der Waals surface area contributed by atoms with Crippen LogP contribution in [0.4, 0.5) is 4.39 Å². The van der Waals surface area contributed by atoms with E-state index < -0.39 is 23.5 Å². The summed E-state index contributed by atoms with van der Waals surface area (Å²) in [5.74, 6) is -1.88. The Kier molecular flexibility index (Phi) is 4.27. The van der Waals surface area contributed by atoms with Crippen LogP contribution in [-0.4, -0.2) is 35.7 Å². The fourth-order valence-electron chi connectivity index (χ4n) is 2.46. The Morgan fingerprint density at radius 3 is 2.37 bits per heavy atom. The van der Waals surface area contributed by atoms with Gasteiger partial charge in [0.05, 0.1) is 5.56 Å². The van der Waals surface area contributed by atoms with Crippen molar-refractivity contribution in [2.75, 3.05) is 13.1 Å². The zero-order valence-electron chi connectivity index (χ0n) is 10.6. The molecular weight excluding hydrogens is 247 g/mol. The fourth-order valence-corrected chi connectivity index (χ4v) is 2.46. The molecule has 0 radical (unpaired) electrons. The van der Waals surface area contributed by atoms with Crippen LogP contribution in [0, 0.1) is 5.82 Å². The molecule has 5 heteroatoms. The number of rotatable bonds is 4. The molecule has 0 saturated carbocycles.